The van der Waals surface area contributed by atoms with Gasteiger partial charge in [-0.05, 0) is 65.9 Å². The summed E-state index contributed by atoms with van der Waals surface area (Å²) in [5.41, 5.74) is 7.29. The van der Waals surface area contributed by atoms with E-state index in [1.54, 1.807) is 47.3 Å². The molecule has 0 radical (unpaired) electrons. The topological polar surface area (TPSA) is 133 Å². The van der Waals surface area contributed by atoms with E-state index in [4.69, 9.17) is 4.42 Å². The van der Waals surface area contributed by atoms with Crippen molar-refractivity contribution in [2.75, 3.05) is 0 Å². The minimum absolute atomic E-state index is 0.243. The van der Waals surface area contributed by atoms with Crippen molar-refractivity contribution >= 4 is 11.8 Å². The lowest BCUT2D eigenvalue weighted by Gasteiger charge is -2.07. The highest BCUT2D eigenvalue weighted by molar-refractivity contribution is 6.02. The standard InChI is InChI=1S/C23H18N8O3/c1-15-7-12-20(34-15)21-19(13-30(27-21)17-5-3-2-4-6-17)23(33)26-25-22(32)16-8-10-18(11-9-16)31-14-24-28-29-31/h2-14H,1H3,(H,25,32)(H,26,33). The number of furan rings is 1. The Morgan fingerprint density at radius 2 is 1.59 bits per heavy atom. The van der Waals surface area contributed by atoms with Crippen molar-refractivity contribution in [2.24, 2.45) is 0 Å². The van der Waals surface area contributed by atoms with E-state index in [1.165, 1.54) is 11.0 Å². The number of hydrogen-bond acceptors (Lipinski definition) is 7. The fraction of sp³-hybridized carbons (Fsp3) is 0.0435. The number of amides is 2. The van der Waals surface area contributed by atoms with Crippen LogP contribution in [-0.2, 0) is 0 Å². The summed E-state index contributed by atoms with van der Waals surface area (Å²) in [6, 6.07) is 19.5. The fourth-order valence-electron chi connectivity index (χ4n) is 3.30. The molecule has 0 fully saturated rings. The molecule has 5 aromatic rings. The second kappa shape index (κ2) is 8.82. The van der Waals surface area contributed by atoms with Crippen molar-refractivity contribution in [3.8, 4) is 22.8 Å². The van der Waals surface area contributed by atoms with E-state index in [1.807, 2.05) is 37.3 Å². The van der Waals surface area contributed by atoms with E-state index in [9.17, 15) is 9.59 Å². The number of hydrogen-bond donors (Lipinski definition) is 2. The van der Waals surface area contributed by atoms with Gasteiger partial charge in [0, 0.05) is 11.8 Å². The first-order valence-electron chi connectivity index (χ1n) is 10.2. The Morgan fingerprint density at radius 1 is 0.853 bits per heavy atom. The Morgan fingerprint density at radius 3 is 2.26 bits per heavy atom. The number of nitrogens with zero attached hydrogens (tertiary/aromatic N) is 6. The highest BCUT2D eigenvalue weighted by Gasteiger charge is 2.21. The first kappa shape index (κ1) is 20.8. The second-order valence-electron chi connectivity index (χ2n) is 7.29. The lowest BCUT2D eigenvalue weighted by Crippen LogP contribution is -2.41. The summed E-state index contributed by atoms with van der Waals surface area (Å²) in [6.07, 6.45) is 3.04. The lowest BCUT2D eigenvalue weighted by atomic mass is 10.2. The molecule has 0 aliphatic carbocycles. The molecule has 2 amide bonds. The van der Waals surface area contributed by atoms with E-state index in [0.717, 1.165) is 5.69 Å². The Balaban J connectivity index is 1.34. The molecule has 0 spiro atoms. The molecule has 2 aromatic carbocycles. The van der Waals surface area contributed by atoms with Gasteiger partial charge in [0.2, 0.25) is 0 Å². The largest absolute Gasteiger partial charge is 0.460 e. The molecule has 0 bridgehead atoms. The summed E-state index contributed by atoms with van der Waals surface area (Å²) in [5.74, 6) is 0.114. The molecule has 0 unspecified atom stereocenters. The van der Waals surface area contributed by atoms with Gasteiger partial charge in [-0.25, -0.2) is 9.36 Å². The molecule has 0 saturated carbocycles. The number of aromatic nitrogens is 6. The predicted octanol–water partition coefficient (Wildman–Crippen LogP) is 2.49. The average Bonchev–Trinajstić information content (AvgIpc) is 3.64. The predicted molar refractivity (Wildman–Crippen MR) is 120 cm³/mol. The van der Waals surface area contributed by atoms with Crippen LogP contribution in [0.1, 0.15) is 26.5 Å². The molecule has 3 aromatic heterocycles. The average molecular weight is 454 g/mol. The third kappa shape index (κ3) is 4.17. The molecular weight excluding hydrogens is 436 g/mol. The van der Waals surface area contributed by atoms with Crippen molar-refractivity contribution < 1.29 is 14.0 Å². The number of nitrogens with one attached hydrogen (secondary N) is 2. The first-order chi connectivity index (χ1) is 16.6. The van der Waals surface area contributed by atoms with Gasteiger partial charge in [0.1, 0.15) is 17.8 Å². The molecule has 11 nitrogen and oxygen atoms in total. The van der Waals surface area contributed by atoms with E-state index < -0.39 is 11.8 Å². The highest BCUT2D eigenvalue weighted by atomic mass is 16.3. The molecule has 0 aliphatic rings. The monoisotopic (exact) mass is 454 g/mol. The van der Waals surface area contributed by atoms with Crippen molar-refractivity contribution in [3.05, 3.63) is 96.1 Å². The number of para-hydroxylation sites is 1. The maximum Gasteiger partial charge on any atom is 0.273 e. The molecule has 5 rings (SSSR count). The van der Waals surface area contributed by atoms with Crippen LogP contribution < -0.4 is 10.9 Å². The SMILES string of the molecule is Cc1ccc(-c2nn(-c3ccccc3)cc2C(=O)NNC(=O)c2ccc(-n3cnnn3)cc2)o1. The zero-order chi connectivity index (χ0) is 23.5. The van der Waals surface area contributed by atoms with Crippen LogP contribution in [0.5, 0.6) is 0 Å². The van der Waals surface area contributed by atoms with Gasteiger partial charge in [0.15, 0.2) is 5.76 Å². The Labute approximate surface area is 193 Å². The Kier molecular flexibility index (Phi) is 5.40. The van der Waals surface area contributed by atoms with Crippen LogP contribution in [0, 0.1) is 6.92 Å². The summed E-state index contributed by atoms with van der Waals surface area (Å²) >= 11 is 0. The van der Waals surface area contributed by atoms with Gasteiger partial charge in [0.25, 0.3) is 11.8 Å². The van der Waals surface area contributed by atoms with E-state index in [0.29, 0.717) is 28.5 Å². The molecule has 0 atom stereocenters. The third-order valence-corrected chi connectivity index (χ3v) is 4.99. The van der Waals surface area contributed by atoms with E-state index in [2.05, 4.69) is 31.5 Å². The van der Waals surface area contributed by atoms with Gasteiger partial charge < -0.3 is 4.42 Å². The summed E-state index contributed by atoms with van der Waals surface area (Å²) in [6.45, 7) is 1.81. The minimum Gasteiger partial charge on any atom is -0.460 e. The minimum atomic E-state index is -0.537. The van der Waals surface area contributed by atoms with Crippen LogP contribution in [0.4, 0.5) is 0 Å². The van der Waals surface area contributed by atoms with Gasteiger partial charge in [-0.15, -0.1) is 5.10 Å². The Hall–Kier alpha value is -5.06. The summed E-state index contributed by atoms with van der Waals surface area (Å²) in [4.78, 5) is 25.5. The van der Waals surface area contributed by atoms with Crippen LogP contribution in [0.3, 0.4) is 0 Å². The van der Waals surface area contributed by atoms with Gasteiger partial charge in [0.05, 0.1) is 16.9 Å². The third-order valence-electron chi connectivity index (χ3n) is 4.99. The van der Waals surface area contributed by atoms with Crippen molar-refractivity contribution in [2.45, 2.75) is 6.92 Å². The number of hydrazine groups is 1. The lowest BCUT2D eigenvalue weighted by molar-refractivity contribution is 0.0847. The van der Waals surface area contributed by atoms with Gasteiger partial charge in [-0.3, -0.25) is 20.4 Å². The Bertz CT molecular complexity index is 1440. The van der Waals surface area contributed by atoms with Gasteiger partial charge in [-0.2, -0.15) is 5.10 Å². The molecule has 3 heterocycles. The number of tetrazole rings is 1. The molecular formula is C23H18N8O3. The summed E-state index contributed by atoms with van der Waals surface area (Å²) < 4.78 is 8.74. The molecule has 34 heavy (non-hydrogen) atoms. The summed E-state index contributed by atoms with van der Waals surface area (Å²) in [5, 5.41) is 15.5. The molecule has 0 saturated heterocycles. The number of carbonyl (C=O) groups is 2. The number of aryl methyl sites for hydroxylation is 1. The van der Waals surface area contributed by atoms with Crippen LogP contribution in [0.25, 0.3) is 22.8 Å². The van der Waals surface area contributed by atoms with Crippen molar-refractivity contribution in [1.29, 1.82) is 0 Å². The van der Waals surface area contributed by atoms with E-state index in [-0.39, 0.29) is 5.56 Å². The summed E-state index contributed by atoms with van der Waals surface area (Å²) in [7, 11) is 0. The highest BCUT2D eigenvalue weighted by Crippen LogP contribution is 2.25. The zero-order valence-electron chi connectivity index (χ0n) is 17.9. The van der Waals surface area contributed by atoms with Crippen LogP contribution >= 0.6 is 0 Å². The molecule has 168 valence electrons. The van der Waals surface area contributed by atoms with Crippen molar-refractivity contribution in [1.82, 2.24) is 40.8 Å². The molecule has 0 aliphatic heterocycles. The fourth-order valence-corrected chi connectivity index (χ4v) is 3.30. The number of carbonyl (C=O) groups excluding carboxylic acids is 2. The number of rotatable bonds is 5. The van der Waals surface area contributed by atoms with Gasteiger partial charge in [-0.1, -0.05) is 18.2 Å². The van der Waals surface area contributed by atoms with E-state index >= 15 is 0 Å². The van der Waals surface area contributed by atoms with Crippen LogP contribution in [0.2, 0.25) is 0 Å². The molecule has 11 heteroatoms. The van der Waals surface area contributed by atoms with Crippen LogP contribution in [0.15, 0.2) is 83.7 Å². The quantitative estimate of drug-likeness (QED) is 0.390. The maximum atomic E-state index is 13.0. The zero-order valence-corrected chi connectivity index (χ0v) is 17.9. The smallest absolute Gasteiger partial charge is 0.273 e. The normalized spacial score (nSPS) is 10.7. The van der Waals surface area contributed by atoms with Gasteiger partial charge >= 0.3 is 0 Å². The second-order valence-corrected chi connectivity index (χ2v) is 7.29. The van der Waals surface area contributed by atoms with Crippen molar-refractivity contribution in [3.63, 3.8) is 0 Å². The molecule has 2 N–H and O–H groups in total. The first-order valence-corrected chi connectivity index (χ1v) is 10.2. The van der Waals surface area contributed by atoms with Crippen LogP contribution in [-0.4, -0.2) is 41.8 Å². The maximum absolute atomic E-state index is 13.0. The number of benzene rings is 2.